The van der Waals surface area contributed by atoms with Gasteiger partial charge in [-0.2, -0.15) is 0 Å². The minimum Gasteiger partial charge on any atom is -0.335 e. The molecular formula is C70H56N2. The first-order valence-electron chi connectivity index (χ1n) is 26.4. The summed E-state index contributed by atoms with van der Waals surface area (Å²) in [4.78, 5) is 5.32. The molecule has 346 valence electrons. The van der Waals surface area contributed by atoms with Gasteiger partial charge >= 0.3 is 0 Å². The van der Waals surface area contributed by atoms with Crippen LogP contribution in [-0.2, 0) is 0 Å². The molecular weight excluding hydrogens is 869 g/mol. The lowest BCUT2D eigenvalue weighted by atomic mass is 9.81. The Balaban J connectivity index is 0.981. The van der Waals surface area contributed by atoms with Crippen LogP contribution in [0.1, 0.15) is 75.3 Å². The van der Waals surface area contributed by atoms with Gasteiger partial charge in [-0.3, -0.25) is 0 Å². The molecule has 0 radical (unpaired) electrons. The van der Waals surface area contributed by atoms with Crippen molar-refractivity contribution in [3.8, 4) is 44.5 Å². The maximum absolute atomic E-state index is 2.66. The molecule has 2 aliphatic heterocycles. The molecule has 0 amide bonds. The third-order valence-corrected chi connectivity index (χ3v) is 18.1. The Morgan fingerprint density at radius 2 is 0.736 bits per heavy atom. The monoisotopic (exact) mass is 924 g/mol. The highest BCUT2D eigenvalue weighted by Gasteiger charge is 2.52. The number of benzene rings is 11. The lowest BCUT2D eigenvalue weighted by molar-refractivity contribution is 0.451. The van der Waals surface area contributed by atoms with E-state index >= 15 is 0 Å². The van der Waals surface area contributed by atoms with Crippen molar-refractivity contribution in [1.29, 1.82) is 0 Å². The minimum atomic E-state index is 0.0672. The molecule has 4 aliphatic rings. The summed E-state index contributed by atoms with van der Waals surface area (Å²) in [7, 11) is 0. The van der Waals surface area contributed by atoms with Gasteiger partial charge in [-0.25, -0.2) is 0 Å². The zero-order chi connectivity index (χ0) is 47.7. The third-order valence-electron chi connectivity index (χ3n) is 18.1. The van der Waals surface area contributed by atoms with Gasteiger partial charge in [0.2, 0.25) is 0 Å². The summed E-state index contributed by atoms with van der Waals surface area (Å²) in [5.41, 5.74) is 18.6. The van der Waals surface area contributed by atoms with Crippen LogP contribution in [0.15, 0.2) is 218 Å². The Labute approximate surface area is 422 Å². The van der Waals surface area contributed by atoms with Crippen LogP contribution >= 0.6 is 0 Å². The predicted octanol–water partition coefficient (Wildman–Crippen LogP) is 19.3. The average molecular weight is 925 g/mol. The molecule has 0 N–H and O–H groups in total. The minimum absolute atomic E-state index is 0.0672. The highest BCUT2D eigenvalue weighted by molar-refractivity contribution is 6.26. The molecule has 4 atom stereocenters. The molecule has 2 aliphatic carbocycles. The van der Waals surface area contributed by atoms with E-state index in [0.717, 1.165) is 0 Å². The van der Waals surface area contributed by atoms with Gasteiger partial charge in [0, 0.05) is 45.7 Å². The highest BCUT2D eigenvalue weighted by atomic mass is 15.2. The molecule has 2 nitrogen and oxygen atoms in total. The van der Waals surface area contributed by atoms with Crippen molar-refractivity contribution >= 4 is 65.8 Å². The van der Waals surface area contributed by atoms with E-state index in [0.29, 0.717) is 11.8 Å². The van der Waals surface area contributed by atoms with Gasteiger partial charge < -0.3 is 9.80 Å². The van der Waals surface area contributed by atoms with Crippen molar-refractivity contribution in [3.05, 3.63) is 230 Å². The van der Waals surface area contributed by atoms with Crippen molar-refractivity contribution in [3.63, 3.8) is 0 Å². The first-order valence-corrected chi connectivity index (χ1v) is 26.4. The molecule has 11 aromatic carbocycles. The first-order chi connectivity index (χ1) is 35.4. The van der Waals surface area contributed by atoms with Crippen LogP contribution in [0.4, 0.5) is 22.7 Å². The molecule has 0 saturated heterocycles. The van der Waals surface area contributed by atoms with Gasteiger partial charge in [0.25, 0.3) is 0 Å². The van der Waals surface area contributed by atoms with Crippen LogP contribution in [0.2, 0.25) is 0 Å². The SMILES string of the molecule is CC12CCCC1c1cc(-c3ccc4c(-c5cccc6ccccc56)c5cc(-c6ccc7c(c6)C6CCCC6(C)N7c6ccccc6)ccc5c(-c5cccc6ccccc56)c4c3)ccc1N2c1ccccc1. The van der Waals surface area contributed by atoms with E-state index in [1.165, 1.54) is 160 Å². The van der Waals surface area contributed by atoms with Gasteiger partial charge in [-0.1, -0.05) is 171 Å². The van der Waals surface area contributed by atoms with Crippen LogP contribution < -0.4 is 9.80 Å². The molecule has 2 saturated carbocycles. The zero-order valence-corrected chi connectivity index (χ0v) is 41.1. The number of anilines is 4. The fraction of sp³-hybridized carbons (Fsp3) is 0.171. The molecule has 72 heavy (non-hydrogen) atoms. The summed E-state index contributed by atoms with van der Waals surface area (Å²) in [5, 5.41) is 10.2. The van der Waals surface area contributed by atoms with E-state index in [1.54, 1.807) is 0 Å². The molecule has 2 fully saturated rings. The van der Waals surface area contributed by atoms with E-state index in [9.17, 15) is 0 Å². The van der Waals surface area contributed by atoms with Crippen molar-refractivity contribution in [2.24, 2.45) is 0 Å². The van der Waals surface area contributed by atoms with Crippen LogP contribution in [0, 0.1) is 0 Å². The number of fused-ring (bicyclic) bond motifs is 10. The largest absolute Gasteiger partial charge is 0.335 e. The summed E-state index contributed by atoms with van der Waals surface area (Å²) in [6.07, 6.45) is 7.35. The number of para-hydroxylation sites is 2. The maximum atomic E-state index is 2.66. The Morgan fingerprint density at radius 1 is 0.347 bits per heavy atom. The molecule has 4 unspecified atom stereocenters. The first kappa shape index (κ1) is 41.8. The summed E-state index contributed by atoms with van der Waals surface area (Å²) < 4.78 is 0. The molecule has 0 bridgehead atoms. The highest BCUT2D eigenvalue weighted by Crippen LogP contribution is 2.61. The molecule has 0 spiro atoms. The molecule has 0 aromatic heterocycles. The Hall–Kier alpha value is -7.94. The summed E-state index contributed by atoms with van der Waals surface area (Å²) >= 11 is 0. The van der Waals surface area contributed by atoms with Crippen molar-refractivity contribution in [2.75, 3.05) is 9.80 Å². The van der Waals surface area contributed by atoms with Crippen LogP contribution in [0.3, 0.4) is 0 Å². The Kier molecular flexibility index (Phi) is 9.16. The second-order valence-corrected chi connectivity index (χ2v) is 21.8. The van der Waals surface area contributed by atoms with E-state index in [2.05, 4.69) is 242 Å². The number of rotatable bonds is 6. The van der Waals surface area contributed by atoms with Gasteiger partial charge in [0.1, 0.15) is 0 Å². The number of hydrogen-bond donors (Lipinski definition) is 0. The van der Waals surface area contributed by atoms with Gasteiger partial charge in [-0.05, 0) is 199 Å². The number of nitrogens with zero attached hydrogens (tertiary/aromatic N) is 2. The van der Waals surface area contributed by atoms with Crippen LogP contribution in [0.25, 0.3) is 87.6 Å². The molecule has 11 aromatic rings. The lowest BCUT2D eigenvalue weighted by Gasteiger charge is -2.37. The summed E-state index contributed by atoms with van der Waals surface area (Å²) in [6.45, 7) is 5.01. The Bertz CT molecular complexity index is 3730. The second kappa shape index (κ2) is 15.8. The van der Waals surface area contributed by atoms with E-state index in [1.807, 2.05) is 0 Å². The van der Waals surface area contributed by atoms with E-state index in [-0.39, 0.29) is 11.1 Å². The Morgan fingerprint density at radius 3 is 1.19 bits per heavy atom. The van der Waals surface area contributed by atoms with Crippen molar-refractivity contribution in [2.45, 2.75) is 75.3 Å². The smallest absolute Gasteiger partial charge is 0.0492 e. The second-order valence-electron chi connectivity index (χ2n) is 21.8. The normalized spacial score (nSPS) is 20.9. The van der Waals surface area contributed by atoms with Gasteiger partial charge in [0.05, 0.1) is 0 Å². The predicted molar refractivity (Wildman–Crippen MR) is 305 cm³/mol. The average Bonchev–Trinajstić information content (AvgIpc) is 4.14. The lowest BCUT2D eigenvalue weighted by Crippen LogP contribution is -2.40. The maximum Gasteiger partial charge on any atom is 0.0492 e. The fourth-order valence-electron chi connectivity index (χ4n) is 14.9. The quantitative estimate of drug-likeness (QED) is 0.153. The van der Waals surface area contributed by atoms with E-state index < -0.39 is 0 Å². The van der Waals surface area contributed by atoms with Crippen LogP contribution in [-0.4, -0.2) is 11.1 Å². The zero-order valence-electron chi connectivity index (χ0n) is 41.1. The van der Waals surface area contributed by atoms with Crippen molar-refractivity contribution in [1.82, 2.24) is 0 Å². The summed E-state index contributed by atoms with van der Waals surface area (Å²) in [5.74, 6) is 0.984. The summed E-state index contributed by atoms with van der Waals surface area (Å²) in [6, 6.07) is 83.4. The van der Waals surface area contributed by atoms with E-state index in [4.69, 9.17) is 0 Å². The topological polar surface area (TPSA) is 6.48 Å². The number of hydrogen-bond acceptors (Lipinski definition) is 2. The molecule has 2 heteroatoms. The standard InChI is InChI=1S/C70H56N2/c1-69-39-15-29-63(69)61-43-49(33-37-65(61)71(69)51-21-5-3-6-22-51)47-31-35-57-59(41-47)67(55-27-13-19-45-17-9-11-25-53(45)55)58-36-32-48(42-60(58)68(57)56-28-14-20-46-18-10-12-26-54(46)56)50-34-38-66-62(44-50)64-30-16-40-70(64,2)72(66)52-23-7-4-8-24-52/h3-14,17-28,31-38,41-44,63-64H,15-16,29-30,39-40H2,1-2H3. The van der Waals surface area contributed by atoms with Gasteiger partial charge in [0.15, 0.2) is 0 Å². The third kappa shape index (κ3) is 6.02. The van der Waals surface area contributed by atoms with Crippen molar-refractivity contribution < 1.29 is 0 Å². The molecule has 15 rings (SSSR count). The molecule has 2 heterocycles. The van der Waals surface area contributed by atoms with Gasteiger partial charge in [-0.15, -0.1) is 0 Å². The fourth-order valence-corrected chi connectivity index (χ4v) is 14.9. The van der Waals surface area contributed by atoms with Crippen LogP contribution in [0.5, 0.6) is 0 Å².